The molecule has 4 aromatic heterocycles. The summed E-state index contributed by atoms with van der Waals surface area (Å²) in [5.41, 5.74) is 10.3. The Balaban J connectivity index is -0.000000426. The lowest BCUT2D eigenvalue weighted by Gasteiger charge is -2.05. The fourth-order valence-electron chi connectivity index (χ4n) is 5.25. The van der Waals surface area contributed by atoms with Gasteiger partial charge in [0.05, 0.1) is 37.1 Å². The van der Waals surface area contributed by atoms with Crippen molar-refractivity contribution >= 4 is 102 Å². The highest BCUT2D eigenvalue weighted by atomic mass is 36.0. The zero-order chi connectivity index (χ0) is 65.1. The number of aromatic amines is 2. The lowest BCUT2D eigenvalue weighted by molar-refractivity contribution is -0.470. The molecule has 0 saturated heterocycles. The molecule has 0 aromatic carbocycles. The second-order valence-electron chi connectivity index (χ2n) is 16.0. The van der Waals surface area contributed by atoms with Crippen LogP contribution in [0.25, 0.3) is 0 Å². The maximum Gasteiger partial charge on any atom is 0.378 e. The number of aliphatic hydroxyl groups excluding tert-OH is 1. The zero-order valence-electron chi connectivity index (χ0n) is 46.3. The Bertz CT molecular complexity index is 3020. The summed E-state index contributed by atoms with van der Waals surface area (Å²) in [4.78, 5) is 123. The summed E-state index contributed by atoms with van der Waals surface area (Å²) in [6.07, 6.45) is 0.306. The van der Waals surface area contributed by atoms with Gasteiger partial charge in [0.2, 0.25) is 10.3 Å². The van der Waals surface area contributed by atoms with Crippen LogP contribution in [0.2, 0.25) is 10.3 Å². The number of nitrogens with two attached hydrogens (primary N) is 1. The molecule has 0 aliphatic rings. The molecule has 0 unspecified atom stereocenters. The van der Waals surface area contributed by atoms with Crippen LogP contribution in [-0.2, 0) is 23.7 Å². The molecule has 0 aliphatic heterocycles. The first kappa shape index (κ1) is 79.9. The summed E-state index contributed by atoms with van der Waals surface area (Å²) in [6, 6.07) is 0. The van der Waals surface area contributed by atoms with Crippen LogP contribution < -0.4 is 16.9 Å². The number of nitrogens with one attached hydrogen (secondary N) is 2. The van der Waals surface area contributed by atoms with Crippen molar-refractivity contribution in [2.45, 2.75) is 111 Å². The number of nitro groups is 6. The highest BCUT2D eigenvalue weighted by Gasteiger charge is 2.23. The van der Waals surface area contributed by atoms with Crippen molar-refractivity contribution in [1.82, 2.24) is 19.9 Å². The topological polar surface area (TPSA) is 474 Å². The number of hydrogen-bond donors (Lipinski definition) is 4. The van der Waals surface area contributed by atoms with Crippen molar-refractivity contribution < 1.29 is 58.3 Å². The monoisotopic (exact) mass is 1270 g/mol. The maximum absolute atomic E-state index is 11.2. The van der Waals surface area contributed by atoms with Crippen LogP contribution in [0.15, 0.2) is 21.7 Å². The number of H-pyrrole nitrogens is 2. The number of Topliss-reactive ketones (excluding diaryl/α,β-unsaturated/α-hetero) is 2. The standard InChI is InChI=1S/2C8H9ClN2O2.2C8H10N2O3.C6H10O2.C4H7NO4.C2H4N2O3.Cl3OP/c2*1-4-5(2)7(11(12)13)8(9)10-6(4)3;2*1-4-5(2)7(10(12)13)8(11)9-6(4)3;1-4(5(2)7)6(3)8;1-2-9-4(6)3-5(7)8;3-2(5)1-4(6)7;1-5(2,3)4/h2*1-3H3;2*1-3H3,(H,9,11);4H,1-3H3;2-3H2,1H3;1,5H,3H2;. The van der Waals surface area contributed by atoms with Crippen molar-refractivity contribution in [3.63, 3.8) is 0 Å². The molecule has 5 N–H and O–H groups in total. The van der Waals surface area contributed by atoms with Gasteiger partial charge in [0.25, 0.3) is 18.6 Å². The summed E-state index contributed by atoms with van der Waals surface area (Å²) < 4.78 is 13.8. The molecule has 4 aromatic rings. The van der Waals surface area contributed by atoms with E-state index in [1.165, 1.54) is 13.8 Å². The number of halogens is 5. The second-order valence-corrected chi connectivity index (χ2v) is 23.4. The van der Waals surface area contributed by atoms with E-state index < -0.39 is 70.2 Å². The van der Waals surface area contributed by atoms with Gasteiger partial charge in [0.1, 0.15) is 11.6 Å². The van der Waals surface area contributed by atoms with E-state index in [1.807, 2.05) is 0 Å². The van der Waals surface area contributed by atoms with Gasteiger partial charge in [0, 0.05) is 50.0 Å². The number of carbonyl (C=O) groups excluding carboxylic acids is 3. The third-order valence-corrected chi connectivity index (χ3v) is 11.1. The Kier molecular flexibility index (Phi) is 36.9. The number of ether oxygens (including phenoxy) is 1. The van der Waals surface area contributed by atoms with Crippen LogP contribution >= 0.6 is 62.1 Å². The summed E-state index contributed by atoms with van der Waals surface area (Å²) in [7, 11) is 0. The Labute approximate surface area is 485 Å². The molecule has 0 amide bonds. The number of pyridine rings is 4. The number of aliphatic hydroxyl groups is 1. The van der Waals surface area contributed by atoms with Crippen LogP contribution in [0.4, 0.5) is 22.7 Å². The molecule has 0 aliphatic carbocycles. The molecule has 0 spiro atoms. The number of hydrogen-bond acceptors (Lipinski definition) is 23. The van der Waals surface area contributed by atoms with Gasteiger partial charge in [-0.15, -0.1) is 0 Å². The number of aromatic nitrogens is 4. The third-order valence-electron chi connectivity index (χ3n) is 10.6. The Morgan fingerprint density at radius 3 is 1.06 bits per heavy atom. The predicted molar refractivity (Wildman–Crippen MR) is 302 cm³/mol. The molecule has 0 radical (unpaired) electrons. The number of rotatable bonds is 10. The number of nitrogens with zero attached hydrogens (tertiary/aromatic N) is 8. The predicted octanol–water partition coefficient (Wildman–Crippen LogP) is 10.6. The molecular weight excluding hydrogens is 1210 g/mol. The van der Waals surface area contributed by atoms with Gasteiger partial charge in [-0.3, -0.25) is 84.4 Å². The first-order valence-corrected chi connectivity index (χ1v) is 27.3. The second kappa shape index (κ2) is 37.4. The first-order valence-electron chi connectivity index (χ1n) is 22.2. The Hall–Kier alpha value is -7.57. The minimum Gasteiger partial charge on any atom is -0.491 e. The molecule has 0 saturated carbocycles. The first-order chi connectivity index (χ1) is 36.6. The third kappa shape index (κ3) is 31.1. The summed E-state index contributed by atoms with van der Waals surface area (Å²) >= 11 is 25.1. The summed E-state index contributed by atoms with van der Waals surface area (Å²) in [5.74, 6) is -2.10. The van der Waals surface area contributed by atoms with Crippen molar-refractivity contribution in [3.05, 3.63) is 171 Å². The summed E-state index contributed by atoms with van der Waals surface area (Å²) in [5, 5.41) is 65.7. The van der Waals surface area contributed by atoms with Gasteiger partial charge in [-0.05, 0) is 167 Å². The highest BCUT2D eigenvalue weighted by molar-refractivity contribution is 8.24. The Morgan fingerprint density at radius 2 is 0.877 bits per heavy atom. The van der Waals surface area contributed by atoms with Crippen LogP contribution in [0.1, 0.15) is 95.0 Å². The number of esters is 1. The number of aryl methyl sites for hydroxylation is 4. The van der Waals surface area contributed by atoms with Crippen LogP contribution in [0.5, 0.6) is 0 Å². The van der Waals surface area contributed by atoms with E-state index in [0.717, 1.165) is 33.6 Å². The molecule has 4 rings (SSSR count). The molecule has 0 fully saturated rings. The van der Waals surface area contributed by atoms with E-state index in [0.29, 0.717) is 39.8 Å². The van der Waals surface area contributed by atoms with Gasteiger partial charge in [-0.2, -0.15) is 0 Å². The van der Waals surface area contributed by atoms with Crippen molar-refractivity contribution in [1.29, 1.82) is 0 Å². The number of ketones is 2. The van der Waals surface area contributed by atoms with Gasteiger partial charge in [0.15, 0.2) is 0 Å². The molecule has 4 heterocycles. The average molecular weight is 1270 g/mol. The van der Waals surface area contributed by atoms with E-state index in [9.17, 15) is 89.2 Å². The smallest absolute Gasteiger partial charge is 0.378 e. The largest absolute Gasteiger partial charge is 0.491 e. The highest BCUT2D eigenvalue weighted by Crippen LogP contribution is 2.61. The molecule has 450 valence electrons. The lowest BCUT2D eigenvalue weighted by Crippen LogP contribution is -2.16. The fourth-order valence-corrected chi connectivity index (χ4v) is 5.93. The maximum atomic E-state index is 11.2. The van der Waals surface area contributed by atoms with Crippen LogP contribution in [-0.4, -0.2) is 85.3 Å². The molecular formula is C44H59Cl5N11O20P. The molecule has 37 heteroatoms. The average Bonchev–Trinajstić information content (AvgIpc) is 3.28. The minimum atomic E-state index is -3.22. The molecule has 81 heavy (non-hydrogen) atoms. The minimum absolute atomic E-state index is 0.0365. The quantitative estimate of drug-likeness (QED) is 0.0218. The van der Waals surface area contributed by atoms with E-state index in [1.54, 1.807) is 96.9 Å². The van der Waals surface area contributed by atoms with E-state index in [4.69, 9.17) is 28.3 Å². The Morgan fingerprint density at radius 1 is 0.605 bits per heavy atom. The molecule has 0 bridgehead atoms. The van der Waals surface area contributed by atoms with Crippen molar-refractivity contribution in [2.24, 2.45) is 11.7 Å². The normalized spacial score (nSPS) is 10.1. The van der Waals surface area contributed by atoms with Gasteiger partial charge in [-0.1, -0.05) is 23.2 Å². The summed E-state index contributed by atoms with van der Waals surface area (Å²) in [6.45, 7) is 26.1. The van der Waals surface area contributed by atoms with Crippen LogP contribution in [0, 0.1) is 150 Å². The molecule has 0 atom stereocenters. The fraction of sp³-hybridized carbons (Fsp3) is 0.432. The van der Waals surface area contributed by atoms with Crippen molar-refractivity contribution in [2.75, 3.05) is 13.2 Å². The van der Waals surface area contributed by atoms with Gasteiger partial charge >= 0.3 is 45.0 Å². The van der Waals surface area contributed by atoms with Crippen LogP contribution in [0.3, 0.4) is 0 Å². The van der Waals surface area contributed by atoms with E-state index in [-0.39, 0.29) is 51.2 Å². The number of carbonyl (C=O) groups is 3. The zero-order valence-corrected chi connectivity index (χ0v) is 50.9. The van der Waals surface area contributed by atoms with E-state index in [2.05, 4.69) is 64.1 Å². The SMILES string of the molecule is CC(=O)C(C)C(C)=O.CCOC(=O)C[N+](=O)[O-].Cc1[nH]c(=O)c([N+](=O)[O-])c(C)c1C.Cc1[nH]c(=O)c([N+](=O)[O-])c(C)c1C.Cc1nc(Cl)c([N+](=O)[O-])c(C)c1C.Cc1nc(Cl)c([N+](=O)[O-])c(C)c1C.NC(O)=C[N+](=O)[O-].O=P(Cl)(Cl)Cl. The van der Waals surface area contributed by atoms with E-state index >= 15 is 0 Å². The lowest BCUT2D eigenvalue weighted by atomic mass is 10.0. The van der Waals surface area contributed by atoms with Gasteiger partial charge in [-0.25, -0.2) is 14.8 Å². The van der Waals surface area contributed by atoms with Crippen molar-refractivity contribution in [3.8, 4) is 0 Å². The molecule has 31 nitrogen and oxygen atoms in total. The van der Waals surface area contributed by atoms with Gasteiger partial charge < -0.3 is 25.5 Å².